The van der Waals surface area contributed by atoms with Gasteiger partial charge in [-0.15, -0.1) is 16.4 Å². The lowest BCUT2D eigenvalue weighted by atomic mass is 9.97. The van der Waals surface area contributed by atoms with Crippen molar-refractivity contribution < 1.29 is 9.90 Å². The number of carboxylic acids is 1. The molecule has 1 aliphatic carbocycles. The highest BCUT2D eigenvalue weighted by molar-refractivity contribution is 7.18. The van der Waals surface area contributed by atoms with Crippen LogP contribution in [0.3, 0.4) is 0 Å². The van der Waals surface area contributed by atoms with Crippen LogP contribution in [-0.2, 0) is 24.2 Å². The number of aromatic nitrogens is 5. The first kappa shape index (κ1) is 16.9. The number of rotatable bonds is 4. The molecule has 3 heterocycles. The Morgan fingerprint density at radius 1 is 1.42 bits per heavy atom. The van der Waals surface area contributed by atoms with E-state index < -0.39 is 5.97 Å². The molecule has 0 unspecified atom stereocenters. The predicted octanol–water partition coefficient (Wildman–Crippen LogP) is 2.28. The van der Waals surface area contributed by atoms with E-state index in [4.69, 9.17) is 16.7 Å². The lowest BCUT2D eigenvalue weighted by Crippen LogP contribution is -2.12. The predicted molar refractivity (Wildman–Crippen MR) is 98.3 cm³/mol. The summed E-state index contributed by atoms with van der Waals surface area (Å²) in [5.41, 5.74) is 1.31. The highest BCUT2D eigenvalue weighted by Crippen LogP contribution is 2.34. The number of nitrogens with zero attached hydrogens (tertiary/aromatic N) is 4. The van der Waals surface area contributed by atoms with Gasteiger partial charge in [0.25, 0.3) is 5.56 Å². The van der Waals surface area contributed by atoms with Gasteiger partial charge >= 0.3 is 5.97 Å². The largest absolute Gasteiger partial charge is 0.480 e. The summed E-state index contributed by atoms with van der Waals surface area (Å²) in [6.45, 7) is -0.291. The average molecular weight is 392 g/mol. The van der Waals surface area contributed by atoms with Crippen LogP contribution in [0, 0.1) is 0 Å². The standard InChI is InChI=1S/C16H14ClN5O3S/c17-10(5-8-6-22(21-20-8)7-12(23)24)14-18-15(25)13-9-3-1-2-4-11(9)26-16(13)19-14/h5-6H,1-4,7H2,(H,23,24)(H,18,19,25). The van der Waals surface area contributed by atoms with E-state index in [1.807, 2.05) is 0 Å². The van der Waals surface area contributed by atoms with Crippen LogP contribution < -0.4 is 5.56 Å². The molecular weight excluding hydrogens is 378 g/mol. The molecule has 0 aliphatic heterocycles. The van der Waals surface area contributed by atoms with Crippen LogP contribution in [0.25, 0.3) is 21.3 Å². The van der Waals surface area contributed by atoms with Crippen molar-refractivity contribution in [2.75, 3.05) is 0 Å². The Morgan fingerprint density at radius 3 is 3.04 bits per heavy atom. The van der Waals surface area contributed by atoms with Gasteiger partial charge in [-0.2, -0.15) is 0 Å². The molecule has 26 heavy (non-hydrogen) atoms. The van der Waals surface area contributed by atoms with Gasteiger partial charge in [0.05, 0.1) is 16.6 Å². The molecule has 0 radical (unpaired) electrons. The zero-order chi connectivity index (χ0) is 18.3. The van der Waals surface area contributed by atoms with Crippen molar-refractivity contribution in [3.8, 4) is 0 Å². The van der Waals surface area contributed by atoms with E-state index in [2.05, 4.69) is 20.3 Å². The number of carboxylic acid groups (broad SMARTS) is 1. The molecule has 0 atom stereocenters. The monoisotopic (exact) mass is 391 g/mol. The molecule has 4 rings (SSSR count). The van der Waals surface area contributed by atoms with E-state index in [1.54, 1.807) is 11.3 Å². The number of hydrogen-bond acceptors (Lipinski definition) is 6. The number of H-pyrrole nitrogens is 1. The van der Waals surface area contributed by atoms with Crippen LogP contribution >= 0.6 is 22.9 Å². The van der Waals surface area contributed by atoms with Gasteiger partial charge in [-0.3, -0.25) is 9.59 Å². The van der Waals surface area contributed by atoms with Crippen molar-refractivity contribution >= 4 is 50.2 Å². The summed E-state index contributed by atoms with van der Waals surface area (Å²) in [6.07, 6.45) is 7.07. The van der Waals surface area contributed by atoms with Crippen molar-refractivity contribution in [2.24, 2.45) is 0 Å². The van der Waals surface area contributed by atoms with E-state index in [0.717, 1.165) is 31.2 Å². The molecular formula is C16H14ClN5O3S. The van der Waals surface area contributed by atoms with E-state index >= 15 is 0 Å². The van der Waals surface area contributed by atoms with Crippen LogP contribution in [0.15, 0.2) is 11.0 Å². The normalized spacial score (nSPS) is 14.6. The van der Waals surface area contributed by atoms with Crippen LogP contribution in [0.5, 0.6) is 0 Å². The van der Waals surface area contributed by atoms with Gasteiger partial charge in [0.15, 0.2) is 5.82 Å². The van der Waals surface area contributed by atoms with Crippen LogP contribution in [0.1, 0.15) is 34.8 Å². The fourth-order valence-corrected chi connectivity index (χ4v) is 4.53. The molecule has 0 saturated carbocycles. The highest BCUT2D eigenvalue weighted by Gasteiger charge is 2.20. The van der Waals surface area contributed by atoms with E-state index in [-0.39, 0.29) is 23.0 Å². The zero-order valence-corrected chi connectivity index (χ0v) is 15.1. The van der Waals surface area contributed by atoms with Gasteiger partial charge in [-0.25, -0.2) is 9.67 Å². The second kappa shape index (κ2) is 6.65. The number of aryl methyl sites for hydroxylation is 2. The number of nitrogens with one attached hydrogen (secondary N) is 1. The number of fused-ring (bicyclic) bond motifs is 3. The second-order valence-electron chi connectivity index (χ2n) is 6.03. The van der Waals surface area contributed by atoms with Crippen LogP contribution in [0.2, 0.25) is 0 Å². The van der Waals surface area contributed by atoms with Crippen molar-refractivity contribution in [3.05, 3.63) is 38.5 Å². The average Bonchev–Trinajstić information content (AvgIpc) is 3.18. The summed E-state index contributed by atoms with van der Waals surface area (Å²) < 4.78 is 1.19. The van der Waals surface area contributed by atoms with Crippen LogP contribution in [-0.4, -0.2) is 36.0 Å². The zero-order valence-electron chi connectivity index (χ0n) is 13.5. The number of thiophene rings is 1. The molecule has 3 aromatic heterocycles. The Labute approximate surface area is 156 Å². The van der Waals surface area contributed by atoms with Gasteiger partial charge in [0.1, 0.15) is 17.1 Å². The molecule has 0 aromatic carbocycles. The fraction of sp³-hybridized carbons (Fsp3) is 0.312. The van der Waals surface area contributed by atoms with Crippen molar-refractivity contribution in [2.45, 2.75) is 32.2 Å². The molecule has 0 amide bonds. The lowest BCUT2D eigenvalue weighted by Gasteiger charge is -2.09. The van der Waals surface area contributed by atoms with Gasteiger partial charge < -0.3 is 10.1 Å². The molecule has 0 spiro atoms. The first-order valence-corrected chi connectivity index (χ1v) is 9.25. The molecule has 10 heteroatoms. The maximum absolute atomic E-state index is 12.5. The van der Waals surface area contributed by atoms with Crippen molar-refractivity contribution in [1.82, 2.24) is 25.0 Å². The van der Waals surface area contributed by atoms with Gasteiger partial charge in [-0.1, -0.05) is 16.8 Å². The first-order chi connectivity index (χ1) is 12.5. The minimum Gasteiger partial charge on any atom is -0.480 e. The minimum atomic E-state index is -1.02. The number of aliphatic carboxylic acids is 1. The minimum absolute atomic E-state index is 0.189. The van der Waals surface area contributed by atoms with Gasteiger partial charge in [0.2, 0.25) is 0 Å². The topological polar surface area (TPSA) is 114 Å². The molecule has 2 N–H and O–H groups in total. The quantitative estimate of drug-likeness (QED) is 0.705. The Kier molecular flexibility index (Phi) is 4.33. The second-order valence-corrected chi connectivity index (χ2v) is 7.52. The molecule has 1 aliphatic rings. The Hall–Kier alpha value is -2.52. The third kappa shape index (κ3) is 3.15. The summed E-state index contributed by atoms with van der Waals surface area (Å²) in [5.74, 6) is -0.759. The Balaban J connectivity index is 1.70. The SMILES string of the molecule is O=C(O)Cn1cc(C=C(Cl)c2nc3sc4c(c3c(=O)[nH]2)CCCC4)nn1. The molecule has 134 valence electrons. The van der Waals surface area contributed by atoms with Gasteiger partial charge in [0, 0.05) is 4.88 Å². The lowest BCUT2D eigenvalue weighted by molar-refractivity contribution is -0.137. The van der Waals surface area contributed by atoms with E-state index in [0.29, 0.717) is 15.9 Å². The molecule has 0 bridgehead atoms. The third-order valence-corrected chi connectivity index (χ3v) is 5.65. The molecule has 8 nitrogen and oxygen atoms in total. The summed E-state index contributed by atoms with van der Waals surface area (Å²) in [6, 6.07) is 0. The third-order valence-electron chi connectivity index (χ3n) is 4.18. The molecule has 0 saturated heterocycles. The maximum Gasteiger partial charge on any atom is 0.325 e. The summed E-state index contributed by atoms with van der Waals surface area (Å²) in [5, 5.41) is 17.2. The summed E-state index contributed by atoms with van der Waals surface area (Å²) >= 11 is 7.84. The number of aromatic amines is 1. The Bertz CT molecular complexity index is 1100. The van der Waals surface area contributed by atoms with Gasteiger partial charge in [-0.05, 0) is 37.3 Å². The van der Waals surface area contributed by atoms with Crippen LogP contribution in [0.4, 0.5) is 0 Å². The molecule has 0 fully saturated rings. The first-order valence-electron chi connectivity index (χ1n) is 8.05. The fourth-order valence-electron chi connectivity index (χ4n) is 3.07. The van der Waals surface area contributed by atoms with Crippen molar-refractivity contribution in [1.29, 1.82) is 0 Å². The number of hydrogen-bond donors (Lipinski definition) is 2. The summed E-state index contributed by atoms with van der Waals surface area (Å²) in [7, 11) is 0. The smallest absolute Gasteiger partial charge is 0.325 e. The van der Waals surface area contributed by atoms with E-state index in [9.17, 15) is 9.59 Å². The van der Waals surface area contributed by atoms with E-state index in [1.165, 1.54) is 21.8 Å². The summed E-state index contributed by atoms with van der Waals surface area (Å²) in [4.78, 5) is 32.4. The maximum atomic E-state index is 12.5. The Morgan fingerprint density at radius 2 is 2.23 bits per heavy atom. The number of halogens is 1. The highest BCUT2D eigenvalue weighted by atomic mass is 35.5. The van der Waals surface area contributed by atoms with Crippen molar-refractivity contribution in [3.63, 3.8) is 0 Å². The molecule has 3 aromatic rings. The number of carbonyl (C=O) groups is 1.